The Morgan fingerprint density at radius 1 is 1.22 bits per heavy atom. The fraction of sp³-hybridized carbons (Fsp3) is 0.846. The van der Waals surface area contributed by atoms with Gasteiger partial charge in [0.1, 0.15) is 5.41 Å². The number of hydrogen-bond donors (Lipinski definition) is 2. The van der Waals surface area contributed by atoms with Gasteiger partial charge in [0.2, 0.25) is 11.8 Å². The monoisotopic (exact) mass is 255 g/mol. The number of carbonyl (C=O) groups is 2. The van der Waals surface area contributed by atoms with Gasteiger partial charge in [-0.2, -0.15) is 0 Å². The first-order valence-electron chi connectivity index (χ1n) is 6.58. The van der Waals surface area contributed by atoms with Gasteiger partial charge in [-0.15, -0.1) is 0 Å². The van der Waals surface area contributed by atoms with Crippen molar-refractivity contribution in [2.24, 2.45) is 5.41 Å². The zero-order chi connectivity index (χ0) is 13.8. The Hall–Kier alpha value is -1.10. The number of nitrogens with zero attached hydrogens (tertiary/aromatic N) is 1. The summed E-state index contributed by atoms with van der Waals surface area (Å²) >= 11 is 0. The van der Waals surface area contributed by atoms with E-state index in [1.807, 2.05) is 14.1 Å². The summed E-state index contributed by atoms with van der Waals surface area (Å²) < 4.78 is 0. The molecule has 0 aromatic carbocycles. The predicted molar refractivity (Wildman–Crippen MR) is 71.1 cm³/mol. The van der Waals surface area contributed by atoms with E-state index in [-0.39, 0.29) is 11.8 Å². The van der Waals surface area contributed by atoms with Crippen LogP contribution >= 0.6 is 0 Å². The third-order valence-corrected chi connectivity index (χ3v) is 3.12. The van der Waals surface area contributed by atoms with Crippen LogP contribution in [-0.2, 0) is 9.59 Å². The molecule has 0 aliphatic heterocycles. The van der Waals surface area contributed by atoms with Gasteiger partial charge in [-0.25, -0.2) is 0 Å². The van der Waals surface area contributed by atoms with E-state index in [0.29, 0.717) is 12.6 Å². The van der Waals surface area contributed by atoms with Crippen molar-refractivity contribution in [3.05, 3.63) is 0 Å². The molecule has 0 radical (unpaired) electrons. The van der Waals surface area contributed by atoms with Gasteiger partial charge in [-0.05, 0) is 53.8 Å². The summed E-state index contributed by atoms with van der Waals surface area (Å²) in [6, 6.07) is 0.290. The first-order chi connectivity index (χ1) is 8.34. The van der Waals surface area contributed by atoms with Gasteiger partial charge in [0, 0.05) is 12.6 Å². The first kappa shape index (κ1) is 15.0. The van der Waals surface area contributed by atoms with Gasteiger partial charge in [-0.3, -0.25) is 9.59 Å². The van der Waals surface area contributed by atoms with Gasteiger partial charge in [0.05, 0.1) is 0 Å². The lowest BCUT2D eigenvalue weighted by Crippen LogP contribution is -2.48. The van der Waals surface area contributed by atoms with Crippen LogP contribution in [0.2, 0.25) is 0 Å². The number of rotatable bonds is 7. The second kappa shape index (κ2) is 6.18. The summed E-state index contributed by atoms with van der Waals surface area (Å²) in [6.45, 7) is 4.88. The molecule has 1 aliphatic carbocycles. The van der Waals surface area contributed by atoms with Gasteiger partial charge < -0.3 is 15.5 Å². The van der Waals surface area contributed by atoms with Crippen molar-refractivity contribution in [1.29, 1.82) is 0 Å². The molecule has 2 N–H and O–H groups in total. The Morgan fingerprint density at radius 2 is 1.83 bits per heavy atom. The summed E-state index contributed by atoms with van der Waals surface area (Å²) in [5, 5.41) is 5.70. The molecule has 5 nitrogen and oxygen atoms in total. The molecule has 1 fully saturated rings. The summed E-state index contributed by atoms with van der Waals surface area (Å²) in [4.78, 5) is 26.0. The van der Waals surface area contributed by atoms with E-state index in [2.05, 4.69) is 15.5 Å². The van der Waals surface area contributed by atoms with E-state index in [9.17, 15) is 9.59 Å². The molecule has 104 valence electrons. The van der Waals surface area contributed by atoms with Crippen LogP contribution in [0.5, 0.6) is 0 Å². The van der Waals surface area contributed by atoms with E-state index < -0.39 is 5.41 Å². The van der Waals surface area contributed by atoms with Crippen molar-refractivity contribution in [3.63, 3.8) is 0 Å². The molecule has 18 heavy (non-hydrogen) atoms. The van der Waals surface area contributed by atoms with E-state index in [0.717, 1.165) is 25.8 Å². The molecular formula is C13H25N3O2. The van der Waals surface area contributed by atoms with Crippen molar-refractivity contribution in [3.8, 4) is 0 Å². The molecule has 0 aromatic heterocycles. The fourth-order valence-electron chi connectivity index (χ4n) is 1.51. The number of amides is 2. The molecule has 0 unspecified atom stereocenters. The van der Waals surface area contributed by atoms with Crippen LogP contribution in [0, 0.1) is 5.41 Å². The number of hydrogen-bond acceptors (Lipinski definition) is 3. The lowest BCUT2D eigenvalue weighted by molar-refractivity contribution is -0.141. The van der Waals surface area contributed by atoms with Crippen molar-refractivity contribution >= 4 is 11.8 Å². The quantitative estimate of drug-likeness (QED) is 0.510. The molecule has 0 aromatic rings. The van der Waals surface area contributed by atoms with Crippen LogP contribution in [0.15, 0.2) is 0 Å². The average Bonchev–Trinajstić information content (AvgIpc) is 3.07. The van der Waals surface area contributed by atoms with Crippen molar-refractivity contribution in [2.75, 3.05) is 27.2 Å². The molecule has 1 aliphatic rings. The zero-order valence-corrected chi connectivity index (χ0v) is 11.9. The normalized spacial score (nSPS) is 15.6. The maximum absolute atomic E-state index is 12.0. The van der Waals surface area contributed by atoms with Crippen LogP contribution in [0.1, 0.15) is 33.1 Å². The highest BCUT2D eigenvalue weighted by Gasteiger charge is 2.38. The second-order valence-corrected chi connectivity index (χ2v) is 5.79. The maximum atomic E-state index is 12.0. The molecule has 1 rings (SSSR count). The zero-order valence-electron chi connectivity index (χ0n) is 11.9. The Labute approximate surface area is 109 Å². The Morgan fingerprint density at radius 3 is 2.33 bits per heavy atom. The SMILES string of the molecule is CN(C)CCCNC(=O)C(C)(C)C(=O)NC1CC1. The lowest BCUT2D eigenvalue weighted by atomic mass is 9.91. The van der Waals surface area contributed by atoms with Crippen molar-refractivity contribution in [1.82, 2.24) is 15.5 Å². The maximum Gasteiger partial charge on any atom is 0.235 e. The second-order valence-electron chi connectivity index (χ2n) is 5.79. The van der Waals surface area contributed by atoms with E-state index in [4.69, 9.17) is 0 Å². The van der Waals surface area contributed by atoms with Crippen LogP contribution in [-0.4, -0.2) is 49.9 Å². The highest BCUT2D eigenvalue weighted by molar-refractivity contribution is 6.04. The molecule has 0 spiro atoms. The van der Waals surface area contributed by atoms with Crippen LogP contribution < -0.4 is 10.6 Å². The predicted octanol–water partition coefficient (Wildman–Crippen LogP) is 0.359. The molecule has 0 bridgehead atoms. The fourth-order valence-corrected chi connectivity index (χ4v) is 1.51. The molecule has 1 saturated carbocycles. The smallest absolute Gasteiger partial charge is 0.235 e. The third kappa shape index (κ3) is 4.64. The number of nitrogens with one attached hydrogen (secondary N) is 2. The minimum absolute atomic E-state index is 0.171. The van der Waals surface area contributed by atoms with Crippen LogP contribution in [0.3, 0.4) is 0 Å². The van der Waals surface area contributed by atoms with Gasteiger partial charge >= 0.3 is 0 Å². The highest BCUT2D eigenvalue weighted by Crippen LogP contribution is 2.22. The molecule has 0 saturated heterocycles. The standard InChI is InChI=1S/C13H25N3O2/c1-13(2,12(18)15-10-6-7-10)11(17)14-8-5-9-16(3)4/h10H,5-9H2,1-4H3,(H,14,17)(H,15,18). The molecule has 0 atom stereocenters. The Balaban J connectivity index is 2.30. The lowest BCUT2D eigenvalue weighted by Gasteiger charge is -2.22. The topological polar surface area (TPSA) is 61.4 Å². The van der Waals surface area contributed by atoms with Gasteiger partial charge in [0.15, 0.2) is 0 Å². The minimum Gasteiger partial charge on any atom is -0.355 e. The summed E-state index contributed by atoms with van der Waals surface area (Å²) in [7, 11) is 3.99. The van der Waals surface area contributed by atoms with E-state index in [1.54, 1.807) is 13.8 Å². The van der Waals surface area contributed by atoms with E-state index in [1.165, 1.54) is 0 Å². The molecule has 2 amide bonds. The van der Waals surface area contributed by atoms with Crippen molar-refractivity contribution in [2.45, 2.75) is 39.2 Å². The minimum atomic E-state index is -0.985. The Bertz CT molecular complexity index is 309. The van der Waals surface area contributed by atoms with Gasteiger partial charge in [-0.1, -0.05) is 0 Å². The summed E-state index contributed by atoms with van der Waals surface area (Å²) in [5.41, 5.74) is -0.985. The Kier molecular flexibility index (Phi) is 5.14. The van der Waals surface area contributed by atoms with E-state index >= 15 is 0 Å². The van der Waals surface area contributed by atoms with Crippen molar-refractivity contribution < 1.29 is 9.59 Å². The molecule has 5 heteroatoms. The van der Waals surface area contributed by atoms with Crippen LogP contribution in [0.4, 0.5) is 0 Å². The third-order valence-electron chi connectivity index (χ3n) is 3.12. The number of carbonyl (C=O) groups excluding carboxylic acids is 2. The molecular weight excluding hydrogens is 230 g/mol. The molecule has 0 heterocycles. The summed E-state index contributed by atoms with van der Waals surface area (Å²) in [5.74, 6) is -0.366. The highest BCUT2D eigenvalue weighted by atomic mass is 16.2. The van der Waals surface area contributed by atoms with Crippen LogP contribution in [0.25, 0.3) is 0 Å². The van der Waals surface area contributed by atoms with Gasteiger partial charge in [0.25, 0.3) is 0 Å². The average molecular weight is 255 g/mol. The summed E-state index contributed by atoms with van der Waals surface area (Å²) in [6.07, 6.45) is 2.96. The largest absolute Gasteiger partial charge is 0.355 e. The first-order valence-corrected chi connectivity index (χ1v) is 6.58.